The van der Waals surface area contributed by atoms with Crippen LogP contribution in [-0.2, 0) is 30.3 Å². The molecular formula is C37H39F2IrN4O2-. The Labute approximate surface area is 283 Å². The smallest absolute Gasteiger partial charge is 0.258 e. The van der Waals surface area contributed by atoms with Crippen molar-refractivity contribution < 1.29 is 38.8 Å². The van der Waals surface area contributed by atoms with Crippen LogP contribution >= 0.6 is 0 Å². The Bertz CT molecular complexity index is 1830. The minimum atomic E-state index is -1.21. The minimum Gasteiger partial charge on any atom is -0.512 e. The SMILES string of the molecule is CCC(CC)C(=O)/C=C(\O)C(CC)CC.[C-]#[N+]c1c(F)c(C#N)c2ncnc(-c3[c-]c4ccccc4c(C(C)(C)C)c3)c2c1F.[Ir]. The van der Waals surface area contributed by atoms with Gasteiger partial charge < -0.3 is 5.11 Å². The first-order valence-electron chi connectivity index (χ1n) is 15.2. The van der Waals surface area contributed by atoms with Crippen molar-refractivity contribution in [3.05, 3.63) is 88.7 Å². The molecule has 1 heterocycles. The molecule has 4 aromatic rings. The third-order valence-corrected chi connectivity index (χ3v) is 8.08. The molecule has 46 heavy (non-hydrogen) atoms. The van der Waals surface area contributed by atoms with Gasteiger partial charge >= 0.3 is 0 Å². The molecule has 0 aliphatic carbocycles. The fraction of sp³-hybridized carbons (Fsp3) is 0.378. The van der Waals surface area contributed by atoms with Crippen molar-refractivity contribution in [2.45, 2.75) is 79.6 Å². The van der Waals surface area contributed by atoms with E-state index in [0.29, 0.717) is 5.56 Å². The number of carbonyl (C=O) groups is 1. The summed E-state index contributed by atoms with van der Waals surface area (Å²) in [6.07, 6.45) is 6.07. The van der Waals surface area contributed by atoms with Gasteiger partial charge in [-0.25, -0.2) is 18.6 Å². The van der Waals surface area contributed by atoms with E-state index in [0.717, 1.165) is 48.3 Å². The van der Waals surface area contributed by atoms with Gasteiger partial charge in [-0.3, -0.25) is 9.78 Å². The van der Waals surface area contributed by atoms with Crippen LogP contribution in [-0.4, -0.2) is 20.9 Å². The van der Waals surface area contributed by atoms with E-state index in [2.05, 4.69) is 41.7 Å². The van der Waals surface area contributed by atoms with Gasteiger partial charge in [0.2, 0.25) is 0 Å². The quantitative estimate of drug-likeness (QED) is 0.109. The zero-order chi connectivity index (χ0) is 33.5. The van der Waals surface area contributed by atoms with Crippen LogP contribution in [0, 0.1) is 47.4 Å². The molecule has 1 radical (unpaired) electrons. The Morgan fingerprint density at radius 1 is 1.07 bits per heavy atom. The molecule has 0 saturated heterocycles. The second-order valence-electron chi connectivity index (χ2n) is 11.9. The first-order chi connectivity index (χ1) is 21.4. The summed E-state index contributed by atoms with van der Waals surface area (Å²) in [6, 6.07) is 14.5. The van der Waals surface area contributed by atoms with Gasteiger partial charge in [-0.1, -0.05) is 77.6 Å². The third kappa shape index (κ3) is 8.02. The standard InChI is InChI=1S/C24H15F2N4.C13H24O2.Ir/c1-24(2,3)17-10-14(9-13-7-5-6-8-15(13)17)21-18-20(26)23(28-4)19(25)16(11-27)22(18)30-12-29-21;1-5-10(6-2)12(14)9-13(15)11(7-3)8-4;/h5-8,10,12H,1-3H3;9-11,14H,5-8H2,1-4H3;/q-1;;/b;12-9-;. The maximum atomic E-state index is 15.2. The Hall–Kier alpha value is -4.04. The predicted molar refractivity (Wildman–Crippen MR) is 175 cm³/mol. The average molecular weight is 802 g/mol. The molecule has 1 aromatic heterocycles. The summed E-state index contributed by atoms with van der Waals surface area (Å²) in [5.74, 6) is -1.74. The van der Waals surface area contributed by atoms with E-state index in [9.17, 15) is 19.6 Å². The van der Waals surface area contributed by atoms with Crippen molar-refractivity contribution >= 4 is 33.1 Å². The summed E-state index contributed by atoms with van der Waals surface area (Å²) in [5, 5.41) is 20.8. The molecule has 0 amide bonds. The van der Waals surface area contributed by atoms with Crippen LogP contribution in [0.5, 0.6) is 0 Å². The summed E-state index contributed by atoms with van der Waals surface area (Å²) in [5.41, 5.74) is -0.0525. The van der Waals surface area contributed by atoms with E-state index in [1.54, 1.807) is 6.07 Å². The minimum absolute atomic E-state index is 0. The number of fused-ring (bicyclic) bond motifs is 2. The summed E-state index contributed by atoms with van der Waals surface area (Å²) >= 11 is 0. The number of hydrogen-bond donors (Lipinski definition) is 1. The number of nitrogens with zero attached hydrogens (tertiary/aromatic N) is 4. The number of hydrogen-bond acceptors (Lipinski definition) is 5. The number of benzene rings is 3. The molecule has 6 nitrogen and oxygen atoms in total. The van der Waals surface area contributed by atoms with Crippen molar-refractivity contribution in [3.8, 4) is 17.3 Å². The summed E-state index contributed by atoms with van der Waals surface area (Å²) in [7, 11) is 0. The molecular weight excluding hydrogens is 763 g/mol. The number of ketones is 1. The Morgan fingerprint density at radius 2 is 1.67 bits per heavy atom. The fourth-order valence-corrected chi connectivity index (χ4v) is 5.38. The van der Waals surface area contributed by atoms with Gasteiger partial charge in [0.25, 0.3) is 5.69 Å². The molecule has 0 unspecified atom stereocenters. The van der Waals surface area contributed by atoms with Gasteiger partial charge in [-0.05, 0) is 31.1 Å². The maximum absolute atomic E-state index is 15.2. The number of rotatable bonds is 8. The molecule has 0 aliphatic heterocycles. The molecule has 9 heteroatoms. The Balaban J connectivity index is 0.000000394. The van der Waals surface area contributed by atoms with Crippen LogP contribution in [0.3, 0.4) is 0 Å². The van der Waals surface area contributed by atoms with Crippen molar-refractivity contribution in [2.24, 2.45) is 11.8 Å². The number of carbonyl (C=O) groups excluding carboxylic acids is 1. The van der Waals surface area contributed by atoms with Gasteiger partial charge in [0.05, 0.1) is 17.8 Å². The number of nitriles is 1. The first-order valence-corrected chi connectivity index (χ1v) is 15.2. The van der Waals surface area contributed by atoms with Crippen LogP contribution in [0.1, 0.15) is 85.3 Å². The van der Waals surface area contributed by atoms with E-state index in [1.807, 2.05) is 58.0 Å². The topological polar surface area (TPSA) is 91.2 Å². The zero-order valence-corrected chi connectivity index (χ0v) is 29.7. The normalized spacial score (nSPS) is 11.5. The van der Waals surface area contributed by atoms with Crippen molar-refractivity contribution in [1.82, 2.24) is 9.97 Å². The van der Waals surface area contributed by atoms with Gasteiger partial charge in [0, 0.05) is 49.1 Å². The van der Waals surface area contributed by atoms with Crippen LogP contribution in [0.4, 0.5) is 14.5 Å². The summed E-state index contributed by atoms with van der Waals surface area (Å²) < 4.78 is 29.7. The van der Waals surface area contributed by atoms with Crippen molar-refractivity contribution in [1.29, 1.82) is 5.26 Å². The predicted octanol–water partition coefficient (Wildman–Crippen LogP) is 10.1. The van der Waals surface area contributed by atoms with Crippen molar-refractivity contribution in [3.63, 3.8) is 0 Å². The number of aliphatic hydroxyl groups is 1. The van der Waals surface area contributed by atoms with E-state index in [1.165, 1.54) is 6.08 Å². The van der Waals surface area contributed by atoms with Gasteiger partial charge in [0.1, 0.15) is 23.8 Å². The van der Waals surface area contributed by atoms with Crippen LogP contribution in [0.25, 0.3) is 37.8 Å². The number of halogens is 2. The molecule has 0 atom stereocenters. The molecule has 0 spiro atoms. The van der Waals surface area contributed by atoms with Gasteiger partial charge in [-0.15, -0.1) is 29.1 Å². The molecule has 0 saturated carbocycles. The molecule has 3 aromatic carbocycles. The molecule has 0 aliphatic rings. The second-order valence-corrected chi connectivity index (χ2v) is 11.9. The van der Waals surface area contributed by atoms with E-state index >= 15 is 4.39 Å². The third-order valence-electron chi connectivity index (χ3n) is 8.08. The average Bonchev–Trinajstić information content (AvgIpc) is 3.01. The maximum Gasteiger partial charge on any atom is 0.258 e. The van der Waals surface area contributed by atoms with Crippen LogP contribution < -0.4 is 0 Å². The molecule has 4 rings (SSSR count). The first kappa shape index (κ1) is 38.1. The van der Waals surface area contributed by atoms with Gasteiger partial charge in [-0.2, -0.15) is 5.26 Å². The molecule has 243 valence electrons. The largest absolute Gasteiger partial charge is 0.512 e. The summed E-state index contributed by atoms with van der Waals surface area (Å²) in [4.78, 5) is 22.8. The molecule has 1 N–H and O–H groups in total. The zero-order valence-electron chi connectivity index (χ0n) is 27.3. The number of allylic oxidation sites excluding steroid dienone is 2. The number of aromatic nitrogens is 2. The van der Waals surface area contributed by atoms with E-state index in [4.69, 9.17) is 6.57 Å². The fourth-order valence-electron chi connectivity index (χ4n) is 5.38. The van der Waals surface area contributed by atoms with Gasteiger partial charge in [0.15, 0.2) is 11.6 Å². The van der Waals surface area contributed by atoms with Crippen LogP contribution in [0.2, 0.25) is 0 Å². The second kappa shape index (κ2) is 16.5. The van der Waals surface area contributed by atoms with Crippen LogP contribution in [0.15, 0.2) is 48.5 Å². The van der Waals surface area contributed by atoms with E-state index in [-0.39, 0.29) is 65.5 Å². The Morgan fingerprint density at radius 3 is 2.22 bits per heavy atom. The Kier molecular flexibility index (Phi) is 13.7. The molecule has 0 fully saturated rings. The number of aliphatic hydroxyl groups excluding tert-OH is 1. The van der Waals surface area contributed by atoms with E-state index < -0.39 is 22.9 Å². The van der Waals surface area contributed by atoms with Crippen molar-refractivity contribution in [2.75, 3.05) is 0 Å². The monoisotopic (exact) mass is 802 g/mol. The summed E-state index contributed by atoms with van der Waals surface area (Å²) in [6.45, 7) is 21.4. The molecule has 0 bridgehead atoms.